The largest absolute Gasteiger partial charge is 0.351 e. The van der Waals surface area contributed by atoms with Gasteiger partial charge in [-0.3, -0.25) is 4.79 Å². The smallest absolute Gasteiger partial charge is 0.224 e. The number of hydrogen-bond donors (Lipinski definition) is 3. The molecule has 0 radical (unpaired) electrons. The SMILES string of the molecule is CC1(C)CC(CN)C(=O)N1.NCC=O. The van der Waals surface area contributed by atoms with Crippen molar-refractivity contribution in [3.05, 3.63) is 0 Å². The van der Waals surface area contributed by atoms with Crippen LogP contribution in [0.4, 0.5) is 0 Å². The van der Waals surface area contributed by atoms with Gasteiger partial charge in [0.15, 0.2) is 0 Å². The molecule has 1 aliphatic heterocycles. The van der Waals surface area contributed by atoms with E-state index in [1.54, 1.807) is 0 Å². The first kappa shape index (κ1) is 13.1. The van der Waals surface area contributed by atoms with E-state index < -0.39 is 0 Å². The van der Waals surface area contributed by atoms with Gasteiger partial charge in [0.1, 0.15) is 6.29 Å². The molecule has 0 aromatic heterocycles. The number of amides is 1. The van der Waals surface area contributed by atoms with Crippen molar-refractivity contribution in [2.24, 2.45) is 17.4 Å². The highest BCUT2D eigenvalue weighted by molar-refractivity contribution is 5.82. The number of nitrogens with two attached hydrogens (primary N) is 2. The van der Waals surface area contributed by atoms with E-state index in [2.05, 4.69) is 11.1 Å². The second-order valence-electron chi connectivity index (χ2n) is 3.91. The van der Waals surface area contributed by atoms with Crippen molar-refractivity contribution in [3.8, 4) is 0 Å². The molecule has 1 saturated heterocycles. The van der Waals surface area contributed by atoms with Crippen LogP contribution in [0.1, 0.15) is 20.3 Å². The highest BCUT2D eigenvalue weighted by Gasteiger charge is 2.35. The van der Waals surface area contributed by atoms with Gasteiger partial charge in [-0.25, -0.2) is 0 Å². The van der Waals surface area contributed by atoms with Gasteiger partial charge in [-0.2, -0.15) is 0 Å². The Morgan fingerprint density at radius 3 is 2.21 bits per heavy atom. The van der Waals surface area contributed by atoms with Crippen LogP contribution in [0.2, 0.25) is 0 Å². The fourth-order valence-electron chi connectivity index (χ4n) is 1.39. The number of nitrogens with one attached hydrogen (secondary N) is 1. The molecule has 1 rings (SSSR count). The zero-order valence-electron chi connectivity index (χ0n) is 8.75. The molecule has 0 aromatic rings. The number of hydrogen-bond acceptors (Lipinski definition) is 4. The van der Waals surface area contributed by atoms with E-state index in [0.29, 0.717) is 12.8 Å². The summed E-state index contributed by atoms with van der Waals surface area (Å²) in [5.41, 5.74) is 10.0. The van der Waals surface area contributed by atoms with Crippen LogP contribution in [-0.2, 0) is 9.59 Å². The van der Waals surface area contributed by atoms with Crippen LogP contribution in [0.15, 0.2) is 0 Å². The van der Waals surface area contributed by atoms with Gasteiger partial charge >= 0.3 is 0 Å². The van der Waals surface area contributed by atoms with Gasteiger partial charge in [0, 0.05) is 18.6 Å². The third-order valence-electron chi connectivity index (χ3n) is 1.97. The summed E-state index contributed by atoms with van der Waals surface area (Å²) in [5.74, 6) is 0.141. The molecule has 14 heavy (non-hydrogen) atoms. The fraction of sp³-hybridized carbons (Fsp3) is 0.778. The Bertz CT molecular complexity index is 204. The molecule has 0 saturated carbocycles. The molecule has 0 aliphatic carbocycles. The monoisotopic (exact) mass is 201 g/mol. The molecule has 1 aliphatic rings. The lowest BCUT2D eigenvalue weighted by Crippen LogP contribution is -2.35. The van der Waals surface area contributed by atoms with Crippen LogP contribution < -0.4 is 16.8 Å². The Morgan fingerprint density at radius 2 is 2.07 bits per heavy atom. The van der Waals surface area contributed by atoms with Crippen molar-refractivity contribution in [1.82, 2.24) is 5.32 Å². The van der Waals surface area contributed by atoms with Crippen LogP contribution in [0.3, 0.4) is 0 Å². The maximum absolute atomic E-state index is 11.0. The second kappa shape index (κ2) is 5.72. The molecule has 0 aromatic carbocycles. The predicted molar refractivity (Wildman–Crippen MR) is 54.5 cm³/mol. The number of carbonyl (C=O) groups excluding carboxylic acids is 2. The maximum Gasteiger partial charge on any atom is 0.224 e. The van der Waals surface area contributed by atoms with E-state index >= 15 is 0 Å². The summed E-state index contributed by atoms with van der Waals surface area (Å²) in [4.78, 5) is 20.1. The van der Waals surface area contributed by atoms with Crippen LogP contribution >= 0.6 is 0 Å². The Labute approximate surface area is 84.2 Å². The quantitative estimate of drug-likeness (QED) is 0.499. The minimum Gasteiger partial charge on any atom is -0.351 e. The zero-order chi connectivity index (χ0) is 11.2. The molecule has 1 unspecified atom stereocenters. The third kappa shape index (κ3) is 4.34. The van der Waals surface area contributed by atoms with Gasteiger partial charge in [-0.15, -0.1) is 0 Å². The third-order valence-corrected chi connectivity index (χ3v) is 1.97. The average Bonchev–Trinajstić information content (AvgIpc) is 2.39. The standard InChI is InChI=1S/C7H14N2O.C2H5NO/c1-7(2)3-5(4-8)6(10)9-7;3-1-2-4/h5H,3-4,8H2,1-2H3,(H,9,10);2H,1,3H2. The first-order valence-corrected chi connectivity index (χ1v) is 4.62. The van der Waals surface area contributed by atoms with Crippen molar-refractivity contribution in [1.29, 1.82) is 0 Å². The minimum atomic E-state index is -0.0406. The zero-order valence-corrected chi connectivity index (χ0v) is 8.75. The molecule has 1 atom stereocenters. The van der Waals surface area contributed by atoms with E-state index in [9.17, 15) is 4.79 Å². The molecule has 1 heterocycles. The van der Waals surface area contributed by atoms with Gasteiger partial charge in [0.2, 0.25) is 5.91 Å². The molecule has 0 spiro atoms. The van der Waals surface area contributed by atoms with Gasteiger partial charge in [-0.1, -0.05) is 0 Å². The number of rotatable bonds is 2. The molecular weight excluding hydrogens is 182 g/mol. The van der Waals surface area contributed by atoms with Gasteiger partial charge in [0.05, 0.1) is 5.92 Å². The van der Waals surface area contributed by atoms with E-state index in [0.717, 1.165) is 6.42 Å². The van der Waals surface area contributed by atoms with Gasteiger partial charge < -0.3 is 21.6 Å². The van der Waals surface area contributed by atoms with E-state index in [1.807, 2.05) is 13.8 Å². The first-order valence-electron chi connectivity index (χ1n) is 4.62. The molecule has 0 bridgehead atoms. The van der Waals surface area contributed by atoms with Crippen molar-refractivity contribution in [3.63, 3.8) is 0 Å². The normalized spacial score (nSPS) is 23.4. The summed E-state index contributed by atoms with van der Waals surface area (Å²) in [7, 11) is 0. The van der Waals surface area contributed by atoms with E-state index in [4.69, 9.17) is 10.5 Å². The molecule has 5 nitrogen and oxygen atoms in total. The second-order valence-corrected chi connectivity index (χ2v) is 3.91. The molecule has 5 N–H and O–H groups in total. The van der Waals surface area contributed by atoms with E-state index in [-0.39, 0.29) is 23.9 Å². The topological polar surface area (TPSA) is 98.2 Å². The van der Waals surface area contributed by atoms with E-state index in [1.165, 1.54) is 0 Å². The highest BCUT2D eigenvalue weighted by Crippen LogP contribution is 2.22. The lowest BCUT2D eigenvalue weighted by atomic mass is 9.97. The minimum absolute atomic E-state index is 0.0370. The molecular formula is C9H19N3O2. The highest BCUT2D eigenvalue weighted by atomic mass is 16.2. The summed E-state index contributed by atoms with van der Waals surface area (Å²) >= 11 is 0. The lowest BCUT2D eigenvalue weighted by Gasteiger charge is -2.15. The molecule has 5 heteroatoms. The predicted octanol–water partition coefficient (Wildman–Crippen LogP) is -0.996. The lowest BCUT2D eigenvalue weighted by molar-refractivity contribution is -0.122. The van der Waals surface area contributed by atoms with Gasteiger partial charge in [0.25, 0.3) is 0 Å². The fourth-order valence-corrected chi connectivity index (χ4v) is 1.39. The van der Waals surface area contributed by atoms with Crippen LogP contribution in [-0.4, -0.2) is 30.8 Å². The van der Waals surface area contributed by atoms with Gasteiger partial charge in [-0.05, 0) is 20.3 Å². The summed E-state index contributed by atoms with van der Waals surface area (Å²) in [6, 6.07) is 0. The molecule has 82 valence electrons. The first-order chi connectivity index (χ1) is 6.46. The molecule has 1 fully saturated rings. The Morgan fingerprint density at radius 1 is 1.57 bits per heavy atom. The van der Waals surface area contributed by atoms with Crippen LogP contribution in [0.5, 0.6) is 0 Å². The van der Waals surface area contributed by atoms with Crippen LogP contribution in [0.25, 0.3) is 0 Å². The van der Waals surface area contributed by atoms with Crippen molar-refractivity contribution in [2.45, 2.75) is 25.8 Å². The molecule has 1 amide bonds. The summed E-state index contributed by atoms with van der Waals surface area (Å²) in [6.45, 7) is 4.64. The summed E-state index contributed by atoms with van der Waals surface area (Å²) in [5, 5.41) is 2.88. The number of carbonyl (C=O) groups is 2. The maximum atomic E-state index is 11.0. The average molecular weight is 201 g/mol. The Balaban J connectivity index is 0.000000364. The van der Waals surface area contributed by atoms with Crippen LogP contribution in [0, 0.1) is 5.92 Å². The van der Waals surface area contributed by atoms with Crippen molar-refractivity contribution >= 4 is 12.2 Å². The summed E-state index contributed by atoms with van der Waals surface area (Å²) < 4.78 is 0. The Kier molecular flexibility index (Phi) is 5.34. The van der Waals surface area contributed by atoms with Crippen molar-refractivity contribution in [2.75, 3.05) is 13.1 Å². The number of aldehydes is 1. The van der Waals surface area contributed by atoms with Crippen molar-refractivity contribution < 1.29 is 9.59 Å². The Hall–Kier alpha value is -0.940. The summed E-state index contributed by atoms with van der Waals surface area (Å²) in [6.07, 6.45) is 1.52.